The van der Waals surface area contributed by atoms with Crippen molar-refractivity contribution in [3.63, 3.8) is 0 Å². The van der Waals surface area contributed by atoms with Crippen LogP contribution in [-0.2, 0) is 0 Å². The summed E-state index contributed by atoms with van der Waals surface area (Å²) < 4.78 is 0. The van der Waals surface area contributed by atoms with Crippen LogP contribution in [0.3, 0.4) is 0 Å². The number of nitrogens with zero attached hydrogens (tertiary/aromatic N) is 2. The number of unbranched alkanes of at least 4 members (excludes halogenated alkanes) is 2. The summed E-state index contributed by atoms with van der Waals surface area (Å²) in [6, 6.07) is 1.28. The van der Waals surface area contributed by atoms with Crippen LogP contribution in [-0.4, -0.2) is 16.5 Å². The van der Waals surface area contributed by atoms with E-state index in [0.29, 0.717) is 12.4 Å². The fourth-order valence-corrected chi connectivity index (χ4v) is 1.44. The van der Waals surface area contributed by atoms with Crippen molar-refractivity contribution in [2.45, 2.75) is 19.3 Å². The normalized spacial score (nSPS) is 9.65. The zero-order valence-electron chi connectivity index (χ0n) is 9.15. The molecule has 1 N–H and O–H groups in total. The van der Waals surface area contributed by atoms with Gasteiger partial charge in [-0.25, -0.2) is 4.98 Å². The van der Waals surface area contributed by atoms with Crippen LogP contribution in [0.5, 0.6) is 0 Å². The molecule has 0 bridgehead atoms. The standard InChI is InChI=1S/C11H12ClN3O2/c1-2-3-4-5-6-13-11-10(12)7-9(8-14-11)15(16)17/h1,7-8H,3-6H2,(H,13,14). The van der Waals surface area contributed by atoms with Crippen molar-refractivity contribution >= 4 is 23.1 Å². The van der Waals surface area contributed by atoms with Gasteiger partial charge in [-0.3, -0.25) is 10.1 Å². The summed E-state index contributed by atoms with van der Waals surface area (Å²) in [6.07, 6.45) is 8.87. The molecule has 0 aromatic carbocycles. The Morgan fingerprint density at radius 1 is 1.59 bits per heavy atom. The quantitative estimate of drug-likeness (QED) is 0.366. The van der Waals surface area contributed by atoms with Crippen LogP contribution in [0, 0.1) is 22.5 Å². The first-order chi connectivity index (χ1) is 8.15. The number of halogens is 1. The molecule has 1 rings (SSSR count). The first-order valence-electron chi connectivity index (χ1n) is 5.12. The Balaban J connectivity index is 2.50. The Morgan fingerprint density at radius 2 is 2.35 bits per heavy atom. The molecule has 0 spiro atoms. The first kappa shape index (κ1) is 13.3. The van der Waals surface area contributed by atoms with Crippen LogP contribution < -0.4 is 5.32 Å². The Kier molecular flexibility index (Phi) is 5.24. The molecule has 17 heavy (non-hydrogen) atoms. The Labute approximate surface area is 104 Å². The maximum absolute atomic E-state index is 10.5. The SMILES string of the molecule is C#CCCCCNc1ncc([N+](=O)[O-])cc1Cl. The largest absolute Gasteiger partial charge is 0.369 e. The minimum atomic E-state index is -0.532. The number of nitro groups is 1. The summed E-state index contributed by atoms with van der Waals surface area (Å²) in [5, 5.41) is 13.7. The number of terminal acetylenes is 1. The Bertz CT molecular complexity index is 443. The third-order valence-electron chi connectivity index (χ3n) is 2.08. The van der Waals surface area contributed by atoms with Gasteiger partial charge in [0.1, 0.15) is 12.0 Å². The Hall–Kier alpha value is -1.80. The maximum atomic E-state index is 10.5. The fraction of sp³-hybridized carbons (Fsp3) is 0.364. The van der Waals surface area contributed by atoms with Crippen molar-refractivity contribution in [1.29, 1.82) is 0 Å². The second-order valence-electron chi connectivity index (χ2n) is 3.37. The molecule has 90 valence electrons. The van der Waals surface area contributed by atoms with Crippen LogP contribution in [0.1, 0.15) is 19.3 Å². The van der Waals surface area contributed by atoms with Crippen molar-refractivity contribution < 1.29 is 4.92 Å². The van der Waals surface area contributed by atoms with Gasteiger partial charge in [0, 0.05) is 19.0 Å². The lowest BCUT2D eigenvalue weighted by Crippen LogP contribution is -2.04. The highest BCUT2D eigenvalue weighted by atomic mass is 35.5. The fourth-order valence-electron chi connectivity index (χ4n) is 1.22. The van der Waals surface area contributed by atoms with Crippen LogP contribution in [0.15, 0.2) is 12.3 Å². The molecule has 6 heteroatoms. The molecule has 1 heterocycles. The number of hydrogen-bond acceptors (Lipinski definition) is 4. The first-order valence-corrected chi connectivity index (χ1v) is 5.50. The smallest absolute Gasteiger partial charge is 0.289 e. The van der Waals surface area contributed by atoms with Gasteiger partial charge in [-0.05, 0) is 12.8 Å². The molecule has 0 atom stereocenters. The lowest BCUT2D eigenvalue weighted by atomic mass is 10.2. The highest BCUT2D eigenvalue weighted by molar-refractivity contribution is 6.33. The highest BCUT2D eigenvalue weighted by Gasteiger charge is 2.10. The molecule has 0 aliphatic heterocycles. The molecule has 0 unspecified atom stereocenters. The monoisotopic (exact) mass is 253 g/mol. The highest BCUT2D eigenvalue weighted by Crippen LogP contribution is 2.23. The van der Waals surface area contributed by atoms with E-state index >= 15 is 0 Å². The second kappa shape index (κ2) is 6.71. The average molecular weight is 254 g/mol. The zero-order valence-corrected chi connectivity index (χ0v) is 9.91. The minimum Gasteiger partial charge on any atom is -0.369 e. The summed E-state index contributed by atoms with van der Waals surface area (Å²) >= 11 is 5.85. The third-order valence-corrected chi connectivity index (χ3v) is 2.37. The number of pyridine rings is 1. The van der Waals surface area contributed by atoms with Crippen LogP contribution in [0.2, 0.25) is 5.02 Å². The molecule has 0 saturated carbocycles. The molecule has 0 fully saturated rings. The molecule has 1 aromatic heterocycles. The van der Waals surface area contributed by atoms with Crippen LogP contribution >= 0.6 is 11.6 Å². The molecule has 0 aliphatic carbocycles. The topological polar surface area (TPSA) is 68.1 Å². The summed E-state index contributed by atoms with van der Waals surface area (Å²) in [6.45, 7) is 0.687. The van der Waals surface area contributed by atoms with Gasteiger partial charge in [-0.2, -0.15) is 0 Å². The third kappa shape index (κ3) is 4.29. The molecule has 1 aromatic rings. The second-order valence-corrected chi connectivity index (χ2v) is 3.78. The Morgan fingerprint density at radius 3 is 2.94 bits per heavy atom. The maximum Gasteiger partial charge on any atom is 0.289 e. The number of rotatable bonds is 6. The van der Waals surface area contributed by atoms with E-state index in [-0.39, 0.29) is 10.7 Å². The predicted octanol–water partition coefficient (Wildman–Crippen LogP) is 2.86. The predicted molar refractivity (Wildman–Crippen MR) is 67.1 cm³/mol. The van der Waals surface area contributed by atoms with E-state index in [1.807, 2.05) is 0 Å². The van der Waals surface area contributed by atoms with Crippen LogP contribution in [0.25, 0.3) is 0 Å². The van der Waals surface area contributed by atoms with Crippen molar-refractivity contribution in [3.05, 3.63) is 27.4 Å². The van der Waals surface area contributed by atoms with E-state index < -0.39 is 4.92 Å². The summed E-state index contributed by atoms with van der Waals surface area (Å²) in [4.78, 5) is 13.8. The van der Waals surface area contributed by atoms with Gasteiger partial charge in [0.05, 0.1) is 9.95 Å². The average Bonchev–Trinajstić information content (AvgIpc) is 2.30. The van der Waals surface area contributed by atoms with Crippen LogP contribution in [0.4, 0.5) is 11.5 Å². The molecule has 5 nitrogen and oxygen atoms in total. The number of aromatic nitrogens is 1. The zero-order chi connectivity index (χ0) is 12.7. The van der Waals surface area contributed by atoms with Gasteiger partial charge in [0.25, 0.3) is 5.69 Å². The molecular weight excluding hydrogens is 242 g/mol. The van der Waals surface area contributed by atoms with Gasteiger partial charge < -0.3 is 5.32 Å². The van der Waals surface area contributed by atoms with Crippen molar-refractivity contribution in [3.8, 4) is 12.3 Å². The van der Waals surface area contributed by atoms with E-state index in [2.05, 4.69) is 16.2 Å². The van der Waals surface area contributed by atoms with Crippen molar-refractivity contribution in [1.82, 2.24) is 4.98 Å². The molecule has 0 amide bonds. The van der Waals surface area contributed by atoms with Gasteiger partial charge in [-0.1, -0.05) is 11.6 Å². The summed E-state index contributed by atoms with van der Waals surface area (Å²) in [5.41, 5.74) is -0.118. The molecule has 0 radical (unpaired) electrons. The van der Waals surface area contributed by atoms with E-state index in [1.54, 1.807) is 0 Å². The van der Waals surface area contributed by atoms with Gasteiger partial charge in [-0.15, -0.1) is 12.3 Å². The molecular formula is C11H12ClN3O2. The molecule has 0 saturated heterocycles. The molecule has 0 aliphatic rings. The van der Waals surface area contributed by atoms with Crippen molar-refractivity contribution in [2.24, 2.45) is 0 Å². The summed E-state index contributed by atoms with van der Waals surface area (Å²) in [7, 11) is 0. The van der Waals surface area contributed by atoms with Gasteiger partial charge in [0.2, 0.25) is 0 Å². The van der Waals surface area contributed by atoms with E-state index in [1.165, 1.54) is 12.3 Å². The minimum absolute atomic E-state index is 0.118. The van der Waals surface area contributed by atoms with E-state index in [0.717, 1.165) is 19.3 Å². The van der Waals surface area contributed by atoms with E-state index in [4.69, 9.17) is 18.0 Å². The lowest BCUT2D eigenvalue weighted by molar-refractivity contribution is -0.385. The van der Waals surface area contributed by atoms with E-state index in [9.17, 15) is 10.1 Å². The summed E-state index contributed by atoms with van der Waals surface area (Å²) in [5.74, 6) is 3.01. The number of nitrogens with one attached hydrogen (secondary N) is 1. The van der Waals surface area contributed by atoms with Gasteiger partial charge >= 0.3 is 0 Å². The lowest BCUT2D eigenvalue weighted by Gasteiger charge is -2.06. The van der Waals surface area contributed by atoms with Gasteiger partial charge in [0.15, 0.2) is 0 Å². The van der Waals surface area contributed by atoms with Crippen molar-refractivity contribution in [2.75, 3.05) is 11.9 Å². The number of hydrogen-bond donors (Lipinski definition) is 1. The number of anilines is 1.